The van der Waals surface area contributed by atoms with E-state index in [1.165, 1.54) is 6.33 Å². The van der Waals surface area contributed by atoms with E-state index in [4.69, 9.17) is 14.5 Å². The summed E-state index contributed by atoms with van der Waals surface area (Å²) in [5.41, 5.74) is 5.80. The minimum atomic E-state index is 0.213. The lowest BCUT2D eigenvalue weighted by Gasteiger charge is -2.34. The Morgan fingerprint density at radius 2 is 1.91 bits per heavy atom. The van der Waals surface area contributed by atoms with Gasteiger partial charge in [-0.15, -0.1) is 0 Å². The molecular weight excluding hydrogens is 416 g/mol. The molecule has 0 unspecified atom stereocenters. The highest BCUT2D eigenvalue weighted by Crippen LogP contribution is 2.37. The van der Waals surface area contributed by atoms with Crippen molar-refractivity contribution in [2.75, 3.05) is 20.2 Å². The molecule has 0 bridgehead atoms. The highest BCUT2D eigenvalue weighted by molar-refractivity contribution is 5.89. The first-order valence-electron chi connectivity index (χ1n) is 11.8. The molecule has 0 aromatic carbocycles. The Kier molecular flexibility index (Phi) is 5.70. The Bertz CT molecular complexity index is 1270. The number of methoxy groups -OCH3 is 1. The molecule has 1 aliphatic heterocycles. The number of fused-ring (bicyclic) bond motifs is 2. The lowest BCUT2D eigenvalue weighted by molar-refractivity contribution is 0.0815. The molecule has 1 fully saturated rings. The molecule has 0 amide bonds. The number of hydrogen-bond donors (Lipinski definition) is 1. The summed E-state index contributed by atoms with van der Waals surface area (Å²) in [5.74, 6) is 1.65. The van der Waals surface area contributed by atoms with Gasteiger partial charge in [0.15, 0.2) is 11.4 Å². The van der Waals surface area contributed by atoms with Gasteiger partial charge >= 0.3 is 0 Å². The zero-order chi connectivity index (χ0) is 23.1. The first-order valence-corrected chi connectivity index (χ1v) is 11.8. The van der Waals surface area contributed by atoms with Crippen LogP contribution in [0.25, 0.3) is 27.9 Å². The van der Waals surface area contributed by atoms with Crippen LogP contribution in [0.15, 0.2) is 30.7 Å². The number of ether oxygens (including phenoxy) is 2. The summed E-state index contributed by atoms with van der Waals surface area (Å²) in [5, 5.41) is 4.31. The monoisotopic (exact) mass is 448 g/mol. The van der Waals surface area contributed by atoms with Crippen LogP contribution in [0.1, 0.15) is 52.0 Å². The van der Waals surface area contributed by atoms with E-state index in [0.29, 0.717) is 23.3 Å². The van der Waals surface area contributed by atoms with Gasteiger partial charge in [-0.2, -0.15) is 5.10 Å². The zero-order valence-electron chi connectivity index (χ0n) is 20.0. The van der Waals surface area contributed by atoms with Crippen molar-refractivity contribution in [3.05, 3.63) is 36.3 Å². The molecule has 1 saturated heterocycles. The highest BCUT2D eigenvalue weighted by atomic mass is 16.5. The van der Waals surface area contributed by atoms with Crippen molar-refractivity contribution in [3.63, 3.8) is 0 Å². The van der Waals surface area contributed by atoms with Gasteiger partial charge in [-0.3, -0.25) is 0 Å². The average molecular weight is 449 g/mol. The molecule has 0 aliphatic carbocycles. The molecule has 5 heterocycles. The van der Waals surface area contributed by atoms with Crippen LogP contribution in [0.5, 0.6) is 11.6 Å². The van der Waals surface area contributed by atoms with Crippen molar-refractivity contribution in [1.82, 2.24) is 29.5 Å². The number of aromatic amines is 1. The van der Waals surface area contributed by atoms with Crippen LogP contribution in [0, 0.1) is 0 Å². The first-order chi connectivity index (χ1) is 15.9. The molecule has 174 valence electrons. The first kappa shape index (κ1) is 21.7. The molecule has 1 N–H and O–H groups in total. The summed E-state index contributed by atoms with van der Waals surface area (Å²) >= 11 is 0. The molecule has 5 rings (SSSR count). The number of piperidine rings is 1. The minimum Gasteiger partial charge on any atom is -0.493 e. The summed E-state index contributed by atoms with van der Waals surface area (Å²) < 4.78 is 13.6. The molecule has 0 saturated carbocycles. The fraction of sp³-hybridized carbons (Fsp3) is 0.480. The molecule has 0 spiro atoms. The largest absolute Gasteiger partial charge is 0.493 e. The summed E-state index contributed by atoms with van der Waals surface area (Å²) in [6, 6.07) is 6.63. The van der Waals surface area contributed by atoms with Crippen molar-refractivity contribution in [3.8, 4) is 22.9 Å². The van der Waals surface area contributed by atoms with E-state index in [0.717, 1.165) is 53.8 Å². The van der Waals surface area contributed by atoms with E-state index in [1.54, 1.807) is 11.6 Å². The average Bonchev–Trinajstić information content (AvgIpc) is 3.43. The molecule has 4 aromatic heterocycles. The second kappa shape index (κ2) is 8.67. The van der Waals surface area contributed by atoms with Gasteiger partial charge in [0.2, 0.25) is 5.88 Å². The van der Waals surface area contributed by atoms with Gasteiger partial charge < -0.3 is 19.4 Å². The third kappa shape index (κ3) is 4.04. The lowest BCUT2D eigenvalue weighted by atomic mass is 9.99. The summed E-state index contributed by atoms with van der Waals surface area (Å²) in [6.07, 6.45) is 5.79. The maximum Gasteiger partial charge on any atom is 0.214 e. The van der Waals surface area contributed by atoms with Gasteiger partial charge in [0, 0.05) is 42.5 Å². The quantitative estimate of drug-likeness (QED) is 0.462. The van der Waals surface area contributed by atoms with E-state index in [-0.39, 0.29) is 12.0 Å². The molecule has 8 heteroatoms. The van der Waals surface area contributed by atoms with Crippen LogP contribution in [-0.2, 0) is 0 Å². The summed E-state index contributed by atoms with van der Waals surface area (Å²) in [6.45, 7) is 11.0. The van der Waals surface area contributed by atoms with Crippen LogP contribution in [-0.4, -0.2) is 61.8 Å². The van der Waals surface area contributed by atoms with Gasteiger partial charge in [0.25, 0.3) is 0 Å². The smallest absolute Gasteiger partial charge is 0.214 e. The topological polar surface area (TPSA) is 80.6 Å². The second-order valence-electron chi connectivity index (χ2n) is 9.39. The van der Waals surface area contributed by atoms with E-state index in [9.17, 15) is 0 Å². The van der Waals surface area contributed by atoms with E-state index in [2.05, 4.69) is 53.7 Å². The molecule has 8 nitrogen and oxygen atoms in total. The van der Waals surface area contributed by atoms with Crippen molar-refractivity contribution < 1.29 is 9.47 Å². The van der Waals surface area contributed by atoms with Crippen LogP contribution < -0.4 is 9.47 Å². The van der Waals surface area contributed by atoms with Gasteiger partial charge in [0.05, 0.1) is 23.8 Å². The van der Waals surface area contributed by atoms with Crippen molar-refractivity contribution in [2.24, 2.45) is 0 Å². The standard InChI is InChI=1S/C25H32N6O2/c1-15(2)22-23(17-12-20(32-5)25-26-14-27-31(25)13-17)28-19-6-7-21(29-24(19)22)33-18-8-10-30(11-9-18)16(3)4/h6-7,12-16,18,28H,8-11H2,1-5H3. The third-order valence-corrected chi connectivity index (χ3v) is 6.58. The molecule has 4 aromatic rings. The maximum atomic E-state index is 6.33. The molecule has 33 heavy (non-hydrogen) atoms. The molecule has 0 atom stereocenters. The predicted molar refractivity (Wildman–Crippen MR) is 129 cm³/mol. The van der Waals surface area contributed by atoms with Gasteiger partial charge in [-0.25, -0.2) is 14.5 Å². The number of hydrogen-bond acceptors (Lipinski definition) is 6. The minimum absolute atomic E-state index is 0.213. The van der Waals surface area contributed by atoms with Crippen molar-refractivity contribution in [1.29, 1.82) is 0 Å². The van der Waals surface area contributed by atoms with Gasteiger partial charge in [-0.05, 0) is 44.7 Å². The molecule has 0 radical (unpaired) electrons. The van der Waals surface area contributed by atoms with Crippen molar-refractivity contribution >= 4 is 16.7 Å². The number of H-pyrrole nitrogens is 1. The highest BCUT2D eigenvalue weighted by Gasteiger charge is 2.24. The Morgan fingerprint density at radius 3 is 2.61 bits per heavy atom. The van der Waals surface area contributed by atoms with Gasteiger partial charge in [-0.1, -0.05) is 13.8 Å². The SMILES string of the molecule is COc1cc(-c2[nH]c3ccc(OC4CCN(C(C)C)CC4)nc3c2C(C)C)cn2ncnc12. The number of likely N-dealkylation sites (tertiary alicyclic amines) is 1. The van der Waals surface area contributed by atoms with Crippen LogP contribution >= 0.6 is 0 Å². The summed E-state index contributed by atoms with van der Waals surface area (Å²) in [7, 11) is 1.65. The predicted octanol–water partition coefficient (Wildman–Crippen LogP) is 4.66. The molecular formula is C25H32N6O2. The van der Waals surface area contributed by atoms with Gasteiger partial charge in [0.1, 0.15) is 12.4 Å². The zero-order valence-corrected chi connectivity index (χ0v) is 20.0. The van der Waals surface area contributed by atoms with Crippen LogP contribution in [0.2, 0.25) is 0 Å². The Balaban J connectivity index is 1.50. The second-order valence-corrected chi connectivity index (χ2v) is 9.39. The van der Waals surface area contributed by atoms with E-state index < -0.39 is 0 Å². The van der Waals surface area contributed by atoms with Crippen LogP contribution in [0.3, 0.4) is 0 Å². The Morgan fingerprint density at radius 1 is 1.12 bits per heavy atom. The third-order valence-electron chi connectivity index (χ3n) is 6.58. The fourth-order valence-electron chi connectivity index (χ4n) is 4.79. The Hall–Kier alpha value is -3.13. The number of nitrogens with one attached hydrogen (secondary N) is 1. The van der Waals surface area contributed by atoms with E-state index in [1.807, 2.05) is 18.3 Å². The lowest BCUT2D eigenvalue weighted by Crippen LogP contribution is -2.41. The normalized spacial score (nSPS) is 15.8. The fourth-order valence-corrected chi connectivity index (χ4v) is 4.79. The molecule has 1 aliphatic rings. The number of rotatable bonds is 6. The number of aromatic nitrogens is 5. The van der Waals surface area contributed by atoms with Crippen LogP contribution in [0.4, 0.5) is 0 Å². The number of nitrogens with zero attached hydrogens (tertiary/aromatic N) is 5. The van der Waals surface area contributed by atoms with E-state index >= 15 is 0 Å². The summed E-state index contributed by atoms with van der Waals surface area (Å²) in [4.78, 5) is 15.3. The number of pyridine rings is 2. The maximum absolute atomic E-state index is 6.33. The Labute approximate surface area is 193 Å². The van der Waals surface area contributed by atoms with Crippen molar-refractivity contribution in [2.45, 2.75) is 58.6 Å².